The predicted octanol–water partition coefficient (Wildman–Crippen LogP) is 2.56. The lowest BCUT2D eigenvalue weighted by atomic mass is 9.82. The molecule has 0 saturated heterocycles. The zero-order chi connectivity index (χ0) is 11.5. The molecule has 1 atom stereocenters. The van der Waals surface area contributed by atoms with Crippen molar-refractivity contribution < 1.29 is 5.11 Å². The van der Waals surface area contributed by atoms with Crippen LogP contribution in [-0.4, -0.2) is 23.8 Å². The van der Waals surface area contributed by atoms with Gasteiger partial charge in [0.05, 0.1) is 5.60 Å². The van der Waals surface area contributed by atoms with Crippen LogP contribution in [0.1, 0.15) is 53.4 Å². The molecule has 15 heavy (non-hydrogen) atoms. The zero-order valence-corrected chi connectivity index (χ0v) is 10.8. The van der Waals surface area contributed by atoms with Gasteiger partial charge in [0, 0.05) is 6.54 Å². The first-order valence-electron chi connectivity index (χ1n) is 6.27. The van der Waals surface area contributed by atoms with Crippen molar-refractivity contribution in [2.75, 3.05) is 13.1 Å². The molecule has 0 aromatic carbocycles. The quantitative estimate of drug-likeness (QED) is 0.752. The van der Waals surface area contributed by atoms with Gasteiger partial charge in [-0.3, -0.25) is 0 Å². The number of hydrogen-bond donors (Lipinski definition) is 2. The molecule has 0 spiro atoms. The molecule has 1 rings (SSSR count). The second-order valence-corrected chi connectivity index (χ2v) is 6.33. The number of hydrogen-bond acceptors (Lipinski definition) is 2. The summed E-state index contributed by atoms with van der Waals surface area (Å²) in [4.78, 5) is 0. The molecule has 0 amide bonds. The Morgan fingerprint density at radius 3 is 2.27 bits per heavy atom. The molecule has 1 saturated carbocycles. The third kappa shape index (κ3) is 4.12. The first-order chi connectivity index (χ1) is 6.83. The van der Waals surface area contributed by atoms with E-state index in [2.05, 4.69) is 33.0 Å². The first-order valence-corrected chi connectivity index (χ1v) is 6.27. The Morgan fingerprint density at radius 2 is 1.80 bits per heavy atom. The van der Waals surface area contributed by atoms with Crippen LogP contribution in [0.15, 0.2) is 0 Å². The van der Waals surface area contributed by atoms with Crippen molar-refractivity contribution in [2.24, 2.45) is 11.3 Å². The van der Waals surface area contributed by atoms with E-state index in [9.17, 15) is 5.11 Å². The van der Waals surface area contributed by atoms with Crippen molar-refractivity contribution in [2.45, 2.75) is 59.0 Å². The SMILES string of the molecule is CC(CNCC1(O)CCCC1)C(C)(C)C. The maximum Gasteiger partial charge on any atom is 0.0771 e. The minimum Gasteiger partial charge on any atom is -0.389 e. The lowest BCUT2D eigenvalue weighted by Crippen LogP contribution is -2.41. The highest BCUT2D eigenvalue weighted by Crippen LogP contribution is 2.29. The third-order valence-corrected chi connectivity index (χ3v) is 3.92. The molecule has 0 aliphatic heterocycles. The molecule has 2 heteroatoms. The summed E-state index contributed by atoms with van der Waals surface area (Å²) >= 11 is 0. The fourth-order valence-corrected chi connectivity index (χ4v) is 2.04. The molecule has 90 valence electrons. The van der Waals surface area contributed by atoms with Gasteiger partial charge in [-0.1, -0.05) is 40.5 Å². The topological polar surface area (TPSA) is 32.3 Å². The highest BCUT2D eigenvalue weighted by molar-refractivity contribution is 4.86. The minimum atomic E-state index is -0.405. The van der Waals surface area contributed by atoms with Crippen LogP contribution < -0.4 is 5.32 Å². The largest absolute Gasteiger partial charge is 0.389 e. The Morgan fingerprint density at radius 1 is 1.27 bits per heavy atom. The summed E-state index contributed by atoms with van der Waals surface area (Å²) < 4.78 is 0. The molecular weight excluding hydrogens is 186 g/mol. The molecule has 0 bridgehead atoms. The van der Waals surface area contributed by atoms with Crippen LogP contribution in [0.2, 0.25) is 0 Å². The molecular formula is C13H27NO. The summed E-state index contributed by atoms with van der Waals surface area (Å²) in [7, 11) is 0. The summed E-state index contributed by atoms with van der Waals surface area (Å²) in [6.45, 7) is 10.8. The number of aliphatic hydroxyl groups is 1. The van der Waals surface area contributed by atoms with E-state index in [1.54, 1.807) is 0 Å². The summed E-state index contributed by atoms with van der Waals surface area (Å²) in [6, 6.07) is 0. The molecule has 0 aromatic heterocycles. The van der Waals surface area contributed by atoms with E-state index in [4.69, 9.17) is 0 Å². The van der Waals surface area contributed by atoms with E-state index in [0.717, 1.165) is 25.9 Å². The molecule has 1 aliphatic rings. The highest BCUT2D eigenvalue weighted by atomic mass is 16.3. The van der Waals surface area contributed by atoms with Gasteiger partial charge in [0.1, 0.15) is 0 Å². The Balaban J connectivity index is 2.21. The van der Waals surface area contributed by atoms with Gasteiger partial charge in [-0.2, -0.15) is 0 Å². The van der Waals surface area contributed by atoms with Crippen LogP contribution in [0.4, 0.5) is 0 Å². The Bertz CT molecular complexity index is 189. The van der Waals surface area contributed by atoms with Crippen molar-refractivity contribution in [3.63, 3.8) is 0 Å². The van der Waals surface area contributed by atoms with E-state index in [1.165, 1.54) is 12.8 Å². The van der Waals surface area contributed by atoms with E-state index in [-0.39, 0.29) is 0 Å². The third-order valence-electron chi connectivity index (χ3n) is 3.92. The molecule has 0 radical (unpaired) electrons. The standard InChI is InChI=1S/C13H27NO/c1-11(12(2,3)4)9-14-10-13(15)7-5-6-8-13/h11,14-15H,5-10H2,1-4H3. The van der Waals surface area contributed by atoms with Crippen LogP contribution >= 0.6 is 0 Å². The Kier molecular flexibility index (Phi) is 4.19. The number of rotatable bonds is 4. The van der Waals surface area contributed by atoms with Gasteiger partial charge >= 0.3 is 0 Å². The molecule has 1 unspecified atom stereocenters. The first kappa shape index (κ1) is 13.0. The summed E-state index contributed by atoms with van der Waals surface area (Å²) in [5.74, 6) is 0.641. The molecule has 1 aliphatic carbocycles. The monoisotopic (exact) mass is 213 g/mol. The van der Waals surface area contributed by atoms with Gasteiger partial charge < -0.3 is 10.4 Å². The smallest absolute Gasteiger partial charge is 0.0771 e. The lowest BCUT2D eigenvalue weighted by molar-refractivity contribution is 0.0455. The molecule has 0 aromatic rings. The van der Waals surface area contributed by atoms with Crippen LogP contribution in [0.25, 0.3) is 0 Å². The maximum absolute atomic E-state index is 10.1. The van der Waals surface area contributed by atoms with Gasteiger partial charge in [0.15, 0.2) is 0 Å². The van der Waals surface area contributed by atoms with Crippen molar-refractivity contribution in [1.82, 2.24) is 5.32 Å². The van der Waals surface area contributed by atoms with E-state index < -0.39 is 5.60 Å². The van der Waals surface area contributed by atoms with Gasteiger partial charge in [0.2, 0.25) is 0 Å². The Labute approximate surface area is 94.5 Å². The van der Waals surface area contributed by atoms with Crippen molar-refractivity contribution in [3.05, 3.63) is 0 Å². The zero-order valence-electron chi connectivity index (χ0n) is 10.8. The Hall–Kier alpha value is -0.0800. The molecule has 2 N–H and O–H groups in total. The van der Waals surface area contributed by atoms with E-state index in [1.807, 2.05) is 0 Å². The fourth-order valence-electron chi connectivity index (χ4n) is 2.04. The van der Waals surface area contributed by atoms with Crippen molar-refractivity contribution in [3.8, 4) is 0 Å². The second-order valence-electron chi connectivity index (χ2n) is 6.33. The van der Waals surface area contributed by atoms with E-state index >= 15 is 0 Å². The maximum atomic E-state index is 10.1. The van der Waals surface area contributed by atoms with Gasteiger partial charge in [-0.15, -0.1) is 0 Å². The van der Waals surface area contributed by atoms with Gasteiger partial charge in [-0.05, 0) is 30.7 Å². The molecule has 0 heterocycles. The summed E-state index contributed by atoms with van der Waals surface area (Å²) in [6.07, 6.45) is 4.33. The summed E-state index contributed by atoms with van der Waals surface area (Å²) in [5.41, 5.74) is -0.0527. The predicted molar refractivity (Wildman–Crippen MR) is 64.9 cm³/mol. The van der Waals surface area contributed by atoms with Gasteiger partial charge in [0.25, 0.3) is 0 Å². The van der Waals surface area contributed by atoms with Crippen LogP contribution in [0.3, 0.4) is 0 Å². The molecule has 2 nitrogen and oxygen atoms in total. The average Bonchev–Trinajstić information content (AvgIpc) is 2.50. The number of nitrogens with one attached hydrogen (secondary N) is 1. The normalized spacial score (nSPS) is 23.0. The highest BCUT2D eigenvalue weighted by Gasteiger charge is 2.30. The molecule has 1 fully saturated rings. The van der Waals surface area contributed by atoms with Crippen LogP contribution in [-0.2, 0) is 0 Å². The lowest BCUT2D eigenvalue weighted by Gasteiger charge is -2.29. The minimum absolute atomic E-state index is 0.352. The fraction of sp³-hybridized carbons (Fsp3) is 1.00. The second kappa shape index (κ2) is 4.84. The van der Waals surface area contributed by atoms with Crippen molar-refractivity contribution >= 4 is 0 Å². The van der Waals surface area contributed by atoms with E-state index in [0.29, 0.717) is 11.3 Å². The van der Waals surface area contributed by atoms with Crippen LogP contribution in [0, 0.1) is 11.3 Å². The average molecular weight is 213 g/mol. The van der Waals surface area contributed by atoms with Gasteiger partial charge in [-0.25, -0.2) is 0 Å². The van der Waals surface area contributed by atoms with Crippen LogP contribution in [0.5, 0.6) is 0 Å². The van der Waals surface area contributed by atoms with Crippen molar-refractivity contribution in [1.29, 1.82) is 0 Å². The summed E-state index contributed by atoms with van der Waals surface area (Å²) in [5, 5.41) is 13.6.